The zero-order valence-electron chi connectivity index (χ0n) is 17.5. The van der Waals surface area contributed by atoms with Crippen LogP contribution in [0.15, 0.2) is 22.7 Å². The molecule has 0 saturated carbocycles. The van der Waals surface area contributed by atoms with Crippen molar-refractivity contribution >= 4 is 17.5 Å². The zero-order chi connectivity index (χ0) is 26.8. The highest BCUT2D eigenvalue weighted by Crippen LogP contribution is 2.63. The third kappa shape index (κ3) is 2.37. The van der Waals surface area contributed by atoms with Gasteiger partial charge in [-0.05, 0) is 13.3 Å². The van der Waals surface area contributed by atoms with Gasteiger partial charge in [-0.1, -0.05) is 0 Å². The lowest BCUT2D eigenvalue weighted by atomic mass is 9.53. The summed E-state index contributed by atoms with van der Waals surface area (Å²) in [5.41, 5.74) is -10.0. The van der Waals surface area contributed by atoms with Gasteiger partial charge in [0.1, 0.15) is 22.5 Å². The number of carbonyl (C=O) groups is 3. The van der Waals surface area contributed by atoms with Gasteiger partial charge in [0, 0.05) is 5.56 Å². The van der Waals surface area contributed by atoms with Gasteiger partial charge in [0.15, 0.2) is 28.6 Å². The van der Waals surface area contributed by atoms with Gasteiger partial charge in [-0.3, -0.25) is 14.4 Å². The topological polar surface area (TPSA) is 300 Å². The maximum atomic E-state index is 13.3. The summed E-state index contributed by atoms with van der Waals surface area (Å²) in [7, 11) is 0. The molecule has 4 atom stereocenters. The first-order chi connectivity index (χ1) is 15.8. The molecule has 3 aliphatic carbocycles. The summed E-state index contributed by atoms with van der Waals surface area (Å²) < 4.78 is 0. The molecular formula is C20H19NO14. The van der Waals surface area contributed by atoms with E-state index in [1.165, 1.54) is 0 Å². The number of amides is 1. The first kappa shape index (κ1) is 24.2. The zero-order valence-corrected chi connectivity index (χ0v) is 17.5. The molecule has 3 unspecified atom stereocenters. The van der Waals surface area contributed by atoms with Crippen LogP contribution in [0.3, 0.4) is 0 Å². The number of aliphatic hydroxyl groups excluding tert-OH is 2. The van der Waals surface area contributed by atoms with E-state index in [-0.39, 0.29) is 0 Å². The molecule has 15 nitrogen and oxygen atoms in total. The third-order valence-corrected chi connectivity index (χ3v) is 7.05. The number of primary amides is 1. The van der Waals surface area contributed by atoms with Crippen LogP contribution >= 0.6 is 0 Å². The van der Waals surface area contributed by atoms with E-state index >= 15 is 0 Å². The molecule has 0 spiro atoms. The molecule has 1 aromatic rings. The number of hydrogen-bond acceptors (Lipinski definition) is 14. The molecule has 188 valence electrons. The SMILES string of the molecule is C[C@@]1(O)c2c(O)c(O)c(O)c(O)c2C(=O)C2=C(O)C3(O)C(=O)C(C(N)=O)=C(O)C(O)(O)C3CC21O. The van der Waals surface area contributed by atoms with Gasteiger partial charge in [-0.2, -0.15) is 0 Å². The highest BCUT2D eigenvalue weighted by molar-refractivity contribution is 6.25. The molecule has 0 radical (unpaired) electrons. The molecule has 0 fully saturated rings. The predicted molar refractivity (Wildman–Crippen MR) is 106 cm³/mol. The van der Waals surface area contributed by atoms with E-state index in [0.29, 0.717) is 6.92 Å². The van der Waals surface area contributed by atoms with Crippen molar-refractivity contribution in [2.24, 2.45) is 11.7 Å². The summed E-state index contributed by atoms with van der Waals surface area (Å²) >= 11 is 0. The molecule has 1 amide bonds. The average Bonchev–Trinajstić information content (AvgIpc) is 2.74. The largest absolute Gasteiger partial charge is 0.508 e. The van der Waals surface area contributed by atoms with Crippen LogP contribution in [0.2, 0.25) is 0 Å². The second-order valence-corrected chi connectivity index (χ2v) is 8.80. The molecule has 1 aromatic carbocycles. The van der Waals surface area contributed by atoms with Crippen LogP contribution in [-0.2, 0) is 15.2 Å². The van der Waals surface area contributed by atoms with Crippen LogP contribution in [0.5, 0.6) is 23.0 Å². The molecular weight excluding hydrogens is 478 g/mol. The maximum absolute atomic E-state index is 13.3. The Bertz CT molecular complexity index is 1340. The Morgan fingerprint density at radius 1 is 0.857 bits per heavy atom. The van der Waals surface area contributed by atoms with Crippen LogP contribution in [0, 0.1) is 5.92 Å². The van der Waals surface area contributed by atoms with E-state index in [1.54, 1.807) is 0 Å². The van der Waals surface area contributed by atoms with Crippen LogP contribution in [0.25, 0.3) is 0 Å². The van der Waals surface area contributed by atoms with Crippen LogP contribution in [-0.4, -0.2) is 90.6 Å². The van der Waals surface area contributed by atoms with Gasteiger partial charge >= 0.3 is 0 Å². The Labute approximate surface area is 193 Å². The minimum absolute atomic E-state index is 0.692. The fourth-order valence-corrected chi connectivity index (χ4v) is 5.13. The minimum Gasteiger partial charge on any atom is -0.508 e. The summed E-state index contributed by atoms with van der Waals surface area (Å²) in [6.45, 7) is 0.692. The third-order valence-electron chi connectivity index (χ3n) is 7.05. The number of fused-ring (bicyclic) bond motifs is 3. The van der Waals surface area contributed by atoms with Crippen LogP contribution in [0.4, 0.5) is 0 Å². The number of ketones is 2. The number of carbonyl (C=O) groups excluding carboxylic acids is 3. The van der Waals surface area contributed by atoms with E-state index in [4.69, 9.17) is 5.73 Å². The number of aromatic hydroxyl groups is 4. The van der Waals surface area contributed by atoms with Crippen molar-refractivity contribution in [3.8, 4) is 23.0 Å². The van der Waals surface area contributed by atoms with Crippen LogP contribution < -0.4 is 5.73 Å². The minimum atomic E-state index is -3.76. The Hall–Kier alpha value is -3.89. The molecule has 0 heterocycles. The smallest absolute Gasteiger partial charge is 0.256 e. The lowest BCUT2D eigenvalue weighted by molar-refractivity contribution is -0.262. The van der Waals surface area contributed by atoms with Crippen molar-refractivity contribution in [1.29, 1.82) is 0 Å². The number of phenols is 4. The van der Waals surface area contributed by atoms with E-state index in [2.05, 4.69) is 0 Å². The van der Waals surface area contributed by atoms with Crippen molar-refractivity contribution < 1.29 is 70.6 Å². The second kappa shape index (κ2) is 6.41. The highest BCUT2D eigenvalue weighted by Gasteiger charge is 2.74. The number of aliphatic hydroxyl groups is 7. The van der Waals surface area contributed by atoms with Gasteiger partial charge < -0.3 is 61.9 Å². The Kier molecular flexibility index (Phi) is 4.44. The second-order valence-electron chi connectivity index (χ2n) is 8.80. The number of Topliss-reactive ketones (excluding diaryl/α,β-unsaturated/α-hetero) is 2. The Balaban J connectivity index is 2.16. The number of rotatable bonds is 1. The number of nitrogens with two attached hydrogens (primary N) is 1. The maximum Gasteiger partial charge on any atom is 0.256 e. The monoisotopic (exact) mass is 497 g/mol. The molecule has 0 bridgehead atoms. The molecule has 3 aliphatic rings. The fraction of sp³-hybridized carbons (Fsp3) is 0.350. The highest BCUT2D eigenvalue weighted by atomic mass is 16.5. The number of hydrogen-bond donors (Lipinski definition) is 12. The van der Waals surface area contributed by atoms with Gasteiger partial charge in [0.05, 0.1) is 17.1 Å². The summed E-state index contributed by atoms with van der Waals surface area (Å²) in [6, 6.07) is 0. The van der Waals surface area contributed by atoms with Crippen molar-refractivity contribution in [3.63, 3.8) is 0 Å². The van der Waals surface area contributed by atoms with Gasteiger partial charge in [0.2, 0.25) is 23.1 Å². The molecule has 0 aliphatic heterocycles. The van der Waals surface area contributed by atoms with Gasteiger partial charge in [0.25, 0.3) is 5.91 Å². The Morgan fingerprint density at radius 2 is 1.37 bits per heavy atom. The number of phenolic OH excluding ortho intramolecular Hbond substituents is 4. The molecule has 0 aromatic heterocycles. The van der Waals surface area contributed by atoms with Crippen molar-refractivity contribution in [2.75, 3.05) is 0 Å². The van der Waals surface area contributed by atoms with Crippen molar-refractivity contribution in [3.05, 3.63) is 33.8 Å². The lowest BCUT2D eigenvalue weighted by Gasteiger charge is -2.56. The van der Waals surface area contributed by atoms with Crippen molar-refractivity contribution in [1.82, 2.24) is 0 Å². The number of benzene rings is 1. The summed E-state index contributed by atoms with van der Waals surface area (Å²) in [4.78, 5) is 37.9. The van der Waals surface area contributed by atoms with Gasteiger partial charge in [-0.25, -0.2) is 0 Å². The van der Waals surface area contributed by atoms with E-state index < -0.39 is 109 Å². The molecule has 4 rings (SSSR count). The normalized spacial score (nSPS) is 33.8. The average molecular weight is 497 g/mol. The molecule has 15 heteroatoms. The Morgan fingerprint density at radius 3 is 1.89 bits per heavy atom. The summed E-state index contributed by atoms with van der Waals surface area (Å²) in [5, 5.41) is 116. The van der Waals surface area contributed by atoms with E-state index in [0.717, 1.165) is 0 Å². The molecule has 0 saturated heterocycles. The quantitative estimate of drug-likeness (QED) is 0.0786. The fourth-order valence-electron chi connectivity index (χ4n) is 5.13. The first-order valence-electron chi connectivity index (χ1n) is 9.70. The molecule has 35 heavy (non-hydrogen) atoms. The summed E-state index contributed by atoms with van der Waals surface area (Å²) in [5.74, 6) is -20.9. The van der Waals surface area contributed by atoms with Crippen molar-refractivity contribution in [2.45, 2.75) is 35.9 Å². The molecule has 13 N–H and O–H groups in total. The van der Waals surface area contributed by atoms with E-state index in [9.17, 15) is 70.6 Å². The predicted octanol–water partition coefficient (Wildman–Crippen LogP) is -3.23. The van der Waals surface area contributed by atoms with Gasteiger partial charge in [-0.15, -0.1) is 0 Å². The standard InChI is InChI=1S/C20H19NO14/c1-17(31)6-4(9(23)11(25)12(26)10(6)24)8(22)7-15(29)19(33)3(2-18(7,17)32)20(34,35)14(28)5(13(19)27)16(21)30/h3,23-26,28-29,31-35H,2H2,1H3,(H2,21,30)/t3?,17-,18?,19?/m1/s1. The van der Waals surface area contributed by atoms with E-state index in [1.807, 2.05) is 0 Å². The first-order valence-corrected chi connectivity index (χ1v) is 9.70. The lowest BCUT2D eigenvalue weighted by Crippen LogP contribution is -2.71. The summed E-state index contributed by atoms with van der Waals surface area (Å²) in [6.07, 6.45) is -1.42. The van der Waals surface area contributed by atoms with Crippen LogP contribution in [0.1, 0.15) is 29.3 Å².